The fourth-order valence-corrected chi connectivity index (χ4v) is 3.09. The van der Waals surface area contributed by atoms with Crippen molar-refractivity contribution in [2.24, 2.45) is 5.73 Å². The Labute approximate surface area is 82.4 Å². The second-order valence-electron chi connectivity index (χ2n) is 3.54. The first-order valence-electron chi connectivity index (χ1n) is 4.81. The Morgan fingerprint density at radius 1 is 1.54 bits per heavy atom. The van der Waals surface area contributed by atoms with Crippen LogP contribution in [0, 0.1) is 0 Å². The van der Waals surface area contributed by atoms with Gasteiger partial charge in [0, 0.05) is 9.75 Å². The maximum Gasteiger partial charge on any atom is 0.0894 e. The maximum atomic E-state index is 9.71. The third-order valence-electron chi connectivity index (χ3n) is 2.53. The van der Waals surface area contributed by atoms with Gasteiger partial charge in [-0.2, -0.15) is 0 Å². The van der Waals surface area contributed by atoms with Gasteiger partial charge in [-0.25, -0.2) is 0 Å². The van der Waals surface area contributed by atoms with Gasteiger partial charge in [-0.05, 0) is 43.9 Å². The zero-order valence-corrected chi connectivity index (χ0v) is 8.44. The number of aliphatic hydroxyl groups excluding tert-OH is 1. The fourth-order valence-electron chi connectivity index (χ4n) is 1.82. The van der Waals surface area contributed by atoms with Gasteiger partial charge in [-0.15, -0.1) is 11.3 Å². The van der Waals surface area contributed by atoms with Gasteiger partial charge < -0.3 is 10.8 Å². The molecule has 1 aliphatic rings. The highest BCUT2D eigenvalue weighted by Crippen LogP contribution is 2.34. The molecule has 13 heavy (non-hydrogen) atoms. The number of thiophene rings is 1. The number of rotatable bonds is 3. The summed E-state index contributed by atoms with van der Waals surface area (Å²) in [7, 11) is 0. The molecule has 0 unspecified atom stereocenters. The molecule has 1 atom stereocenters. The molecule has 2 nitrogen and oxygen atoms in total. The average molecular weight is 197 g/mol. The first-order chi connectivity index (χ1) is 6.31. The highest BCUT2D eigenvalue weighted by molar-refractivity contribution is 7.12. The van der Waals surface area contributed by atoms with Crippen LogP contribution >= 0.6 is 11.3 Å². The van der Waals surface area contributed by atoms with Gasteiger partial charge in [-0.1, -0.05) is 0 Å². The molecule has 0 saturated carbocycles. The molecule has 0 bridgehead atoms. The minimum absolute atomic E-state index is 0.333. The lowest BCUT2D eigenvalue weighted by Gasteiger charge is -2.05. The van der Waals surface area contributed by atoms with E-state index in [0.717, 1.165) is 4.88 Å². The van der Waals surface area contributed by atoms with E-state index in [1.54, 1.807) is 11.3 Å². The van der Waals surface area contributed by atoms with E-state index in [2.05, 4.69) is 6.07 Å². The second kappa shape index (κ2) is 3.78. The highest BCUT2D eigenvalue weighted by Gasteiger charge is 2.17. The molecule has 0 saturated heterocycles. The number of hydrogen-bond acceptors (Lipinski definition) is 3. The van der Waals surface area contributed by atoms with E-state index < -0.39 is 0 Å². The summed E-state index contributed by atoms with van der Waals surface area (Å²) in [5.74, 6) is 0. The third-order valence-corrected chi connectivity index (χ3v) is 3.87. The van der Waals surface area contributed by atoms with Crippen LogP contribution < -0.4 is 5.73 Å². The van der Waals surface area contributed by atoms with Gasteiger partial charge >= 0.3 is 0 Å². The van der Waals surface area contributed by atoms with Crippen molar-refractivity contribution < 1.29 is 5.11 Å². The molecular formula is C10H15NOS. The molecule has 1 heterocycles. The topological polar surface area (TPSA) is 46.2 Å². The van der Waals surface area contributed by atoms with Crippen LogP contribution in [0.5, 0.6) is 0 Å². The number of aliphatic hydroxyl groups is 1. The van der Waals surface area contributed by atoms with Crippen molar-refractivity contribution in [3.05, 3.63) is 21.4 Å². The van der Waals surface area contributed by atoms with E-state index in [1.165, 1.54) is 29.7 Å². The molecule has 0 spiro atoms. The van der Waals surface area contributed by atoms with Gasteiger partial charge in [0.25, 0.3) is 0 Å². The Balaban J connectivity index is 2.13. The monoisotopic (exact) mass is 197 g/mol. The average Bonchev–Trinajstić information content (AvgIpc) is 2.61. The number of fused-ring (bicyclic) bond motifs is 1. The van der Waals surface area contributed by atoms with Crippen molar-refractivity contribution >= 4 is 11.3 Å². The van der Waals surface area contributed by atoms with Gasteiger partial charge in [-0.3, -0.25) is 0 Å². The number of nitrogens with two attached hydrogens (primary N) is 1. The first kappa shape index (κ1) is 9.19. The minimum atomic E-state index is -0.333. The molecule has 1 aromatic rings. The third kappa shape index (κ3) is 1.77. The predicted molar refractivity (Wildman–Crippen MR) is 55.0 cm³/mol. The highest BCUT2D eigenvalue weighted by atomic mass is 32.1. The molecule has 0 aromatic carbocycles. The zero-order valence-electron chi connectivity index (χ0n) is 7.62. The summed E-state index contributed by atoms with van der Waals surface area (Å²) in [6.45, 7) is 0.559. The van der Waals surface area contributed by atoms with E-state index in [4.69, 9.17) is 5.73 Å². The molecule has 0 fully saturated rings. The van der Waals surface area contributed by atoms with Crippen molar-refractivity contribution in [3.63, 3.8) is 0 Å². The van der Waals surface area contributed by atoms with Crippen molar-refractivity contribution in [2.75, 3.05) is 6.54 Å². The molecule has 3 N–H and O–H groups in total. The smallest absolute Gasteiger partial charge is 0.0894 e. The summed E-state index contributed by atoms with van der Waals surface area (Å²) in [4.78, 5) is 2.58. The van der Waals surface area contributed by atoms with Gasteiger partial charge in [0.05, 0.1) is 6.10 Å². The molecule has 1 aromatic heterocycles. The molecule has 0 amide bonds. The van der Waals surface area contributed by atoms with E-state index in [-0.39, 0.29) is 6.10 Å². The van der Waals surface area contributed by atoms with Crippen LogP contribution in [0.15, 0.2) is 6.07 Å². The minimum Gasteiger partial charge on any atom is -0.388 e. The van der Waals surface area contributed by atoms with Crippen LogP contribution in [0.25, 0.3) is 0 Å². The summed E-state index contributed by atoms with van der Waals surface area (Å²) in [5, 5.41) is 9.71. The number of hydrogen-bond donors (Lipinski definition) is 2. The Bertz CT molecular complexity index is 274. The van der Waals surface area contributed by atoms with E-state index in [9.17, 15) is 5.11 Å². The summed E-state index contributed by atoms with van der Waals surface area (Å²) in [5.41, 5.74) is 6.86. The van der Waals surface area contributed by atoms with Crippen molar-refractivity contribution in [1.29, 1.82) is 0 Å². The standard InChI is InChI=1S/C10H15NOS/c11-5-4-8(12)10-6-7-2-1-3-9(7)13-10/h6,8,12H,1-5,11H2/t8-/m0/s1. The Morgan fingerprint density at radius 2 is 2.38 bits per heavy atom. The zero-order chi connectivity index (χ0) is 9.26. The molecule has 0 radical (unpaired) electrons. The molecule has 3 heteroatoms. The molecule has 72 valence electrons. The summed E-state index contributed by atoms with van der Waals surface area (Å²) < 4.78 is 0. The largest absolute Gasteiger partial charge is 0.388 e. The van der Waals surface area contributed by atoms with Crippen molar-refractivity contribution in [3.8, 4) is 0 Å². The molecule has 1 aliphatic carbocycles. The van der Waals surface area contributed by atoms with E-state index >= 15 is 0 Å². The Kier molecular flexibility index (Phi) is 2.67. The van der Waals surface area contributed by atoms with E-state index in [1.807, 2.05) is 0 Å². The van der Waals surface area contributed by atoms with Gasteiger partial charge in [0.15, 0.2) is 0 Å². The van der Waals surface area contributed by atoms with Crippen LogP contribution in [0.2, 0.25) is 0 Å². The summed E-state index contributed by atoms with van der Waals surface area (Å²) in [6, 6.07) is 2.16. The quantitative estimate of drug-likeness (QED) is 0.773. The lowest BCUT2D eigenvalue weighted by molar-refractivity contribution is 0.174. The van der Waals surface area contributed by atoms with Crippen LogP contribution in [0.3, 0.4) is 0 Å². The summed E-state index contributed by atoms with van der Waals surface area (Å²) in [6.07, 6.45) is 4.03. The Hall–Kier alpha value is -0.380. The van der Waals surface area contributed by atoms with Crippen LogP contribution in [-0.2, 0) is 12.8 Å². The van der Waals surface area contributed by atoms with Crippen LogP contribution in [0.1, 0.15) is 34.3 Å². The summed E-state index contributed by atoms with van der Waals surface area (Å²) >= 11 is 1.76. The fraction of sp³-hybridized carbons (Fsp3) is 0.600. The predicted octanol–water partition coefficient (Wildman–Crippen LogP) is 1.62. The molecule has 2 rings (SSSR count). The molecule has 0 aliphatic heterocycles. The van der Waals surface area contributed by atoms with E-state index in [0.29, 0.717) is 13.0 Å². The lowest BCUT2D eigenvalue weighted by Crippen LogP contribution is -2.05. The first-order valence-corrected chi connectivity index (χ1v) is 5.62. The molecular weight excluding hydrogens is 182 g/mol. The van der Waals surface area contributed by atoms with Gasteiger partial charge in [0.2, 0.25) is 0 Å². The van der Waals surface area contributed by atoms with Crippen LogP contribution in [-0.4, -0.2) is 11.7 Å². The maximum absolute atomic E-state index is 9.71. The SMILES string of the molecule is NCC[C@H](O)c1cc2c(s1)CCC2. The number of aryl methyl sites for hydroxylation is 2. The van der Waals surface area contributed by atoms with Crippen LogP contribution in [0.4, 0.5) is 0 Å². The normalized spacial score (nSPS) is 17.4. The van der Waals surface area contributed by atoms with Crippen molar-refractivity contribution in [2.45, 2.75) is 31.8 Å². The van der Waals surface area contributed by atoms with Crippen molar-refractivity contribution in [1.82, 2.24) is 0 Å². The second-order valence-corrected chi connectivity index (χ2v) is 4.71. The van der Waals surface area contributed by atoms with Gasteiger partial charge in [0.1, 0.15) is 0 Å². The lowest BCUT2D eigenvalue weighted by atomic mass is 10.2. The Morgan fingerprint density at radius 3 is 3.08 bits per heavy atom.